The van der Waals surface area contributed by atoms with Gasteiger partial charge in [0.1, 0.15) is 0 Å². The summed E-state index contributed by atoms with van der Waals surface area (Å²) in [5.74, 6) is -4.85. The van der Waals surface area contributed by atoms with Crippen molar-refractivity contribution in [3.8, 4) is 0 Å². The highest BCUT2D eigenvalue weighted by molar-refractivity contribution is 5.79. The lowest BCUT2D eigenvalue weighted by atomic mass is 9.95. The molecule has 0 aliphatic carbocycles. The molecular weight excluding hydrogens is 230 g/mol. The average Bonchev–Trinajstić information content (AvgIpc) is 2.07. The summed E-state index contributed by atoms with van der Waals surface area (Å²) in [6, 6.07) is -0.949. The summed E-state index contributed by atoms with van der Waals surface area (Å²) in [6.07, 6.45) is -0.778. The molecule has 2 unspecified atom stereocenters. The van der Waals surface area contributed by atoms with Crippen LogP contribution in [0.3, 0.4) is 0 Å². The largest absolute Gasteiger partial charge is 0.481 e. The van der Waals surface area contributed by atoms with Gasteiger partial charge in [0.15, 0.2) is 6.04 Å². The fourth-order valence-electron chi connectivity index (χ4n) is 1.50. The maximum atomic E-state index is 11.0. The normalized spacial score (nSPS) is 15.0. The van der Waals surface area contributed by atoms with Crippen LogP contribution in [-0.2, 0) is 14.4 Å². The molecule has 0 fully saturated rings. The Hall–Kier alpha value is -1.63. The molecular formula is C10H18NO6+. The molecule has 0 radical (unpaired) electrons. The van der Waals surface area contributed by atoms with Gasteiger partial charge in [-0.3, -0.25) is 9.59 Å². The molecule has 0 aromatic rings. The molecule has 98 valence electrons. The van der Waals surface area contributed by atoms with Gasteiger partial charge < -0.3 is 19.8 Å². The van der Waals surface area contributed by atoms with E-state index in [1.807, 2.05) is 0 Å². The second kappa shape index (κ2) is 5.62. The maximum Gasteiger partial charge on any atom is 0.362 e. The van der Waals surface area contributed by atoms with Gasteiger partial charge in [0.25, 0.3) is 0 Å². The van der Waals surface area contributed by atoms with Crippen LogP contribution in [0.1, 0.15) is 12.8 Å². The van der Waals surface area contributed by atoms with Crippen LogP contribution in [0.2, 0.25) is 0 Å². The monoisotopic (exact) mass is 248 g/mol. The fourth-order valence-corrected chi connectivity index (χ4v) is 1.50. The first kappa shape index (κ1) is 15.4. The summed E-state index contributed by atoms with van der Waals surface area (Å²) in [5, 5.41) is 26.4. The summed E-state index contributed by atoms with van der Waals surface area (Å²) >= 11 is 0. The van der Waals surface area contributed by atoms with E-state index < -0.39 is 36.3 Å². The number of likely N-dealkylation sites (N-methyl/N-ethyl adjacent to an activating group) is 1. The lowest BCUT2D eigenvalue weighted by Crippen LogP contribution is -2.51. The van der Waals surface area contributed by atoms with Crippen LogP contribution in [0.4, 0.5) is 0 Å². The average molecular weight is 248 g/mol. The summed E-state index contributed by atoms with van der Waals surface area (Å²) in [4.78, 5) is 32.4. The maximum absolute atomic E-state index is 11.0. The SMILES string of the molecule is C[N+](C)(C)C(CC(CC(=O)O)C(=O)O)C(=O)O. The van der Waals surface area contributed by atoms with Crippen molar-refractivity contribution in [3.05, 3.63) is 0 Å². The minimum Gasteiger partial charge on any atom is -0.481 e. The lowest BCUT2D eigenvalue weighted by molar-refractivity contribution is -0.887. The van der Waals surface area contributed by atoms with Crippen LogP contribution in [0.15, 0.2) is 0 Å². The molecule has 3 N–H and O–H groups in total. The van der Waals surface area contributed by atoms with Gasteiger partial charge in [-0.05, 0) is 0 Å². The number of carboxylic acids is 3. The predicted octanol–water partition coefficient (Wildman–Crippen LogP) is -0.289. The molecule has 7 nitrogen and oxygen atoms in total. The number of quaternary nitrogens is 1. The zero-order valence-corrected chi connectivity index (χ0v) is 10.1. The fraction of sp³-hybridized carbons (Fsp3) is 0.700. The van der Waals surface area contributed by atoms with Crippen LogP contribution < -0.4 is 0 Å². The molecule has 0 aliphatic rings. The topological polar surface area (TPSA) is 112 Å². The van der Waals surface area contributed by atoms with E-state index in [1.165, 1.54) is 0 Å². The summed E-state index contributed by atoms with van der Waals surface area (Å²) in [7, 11) is 4.87. The zero-order chi connectivity index (χ0) is 13.8. The second-order valence-electron chi connectivity index (χ2n) is 4.84. The van der Waals surface area contributed by atoms with E-state index in [9.17, 15) is 14.4 Å². The predicted molar refractivity (Wildman–Crippen MR) is 57.5 cm³/mol. The van der Waals surface area contributed by atoms with E-state index in [4.69, 9.17) is 15.3 Å². The van der Waals surface area contributed by atoms with Gasteiger partial charge in [-0.15, -0.1) is 0 Å². The molecule has 0 saturated heterocycles. The van der Waals surface area contributed by atoms with Crippen molar-refractivity contribution in [1.82, 2.24) is 0 Å². The molecule has 7 heteroatoms. The molecule has 2 atom stereocenters. The summed E-state index contributed by atoms with van der Waals surface area (Å²) in [6.45, 7) is 0. The third-order valence-electron chi connectivity index (χ3n) is 2.50. The summed E-state index contributed by atoms with van der Waals surface area (Å²) < 4.78 is 0.0404. The highest BCUT2D eigenvalue weighted by Crippen LogP contribution is 2.18. The third-order valence-corrected chi connectivity index (χ3v) is 2.50. The highest BCUT2D eigenvalue weighted by atomic mass is 16.4. The van der Waals surface area contributed by atoms with Gasteiger partial charge in [0.05, 0.1) is 33.5 Å². The van der Waals surface area contributed by atoms with E-state index in [0.29, 0.717) is 0 Å². The Morgan fingerprint density at radius 1 is 1.00 bits per heavy atom. The minimum absolute atomic E-state index is 0.0404. The Morgan fingerprint density at radius 2 is 1.47 bits per heavy atom. The third kappa shape index (κ3) is 5.30. The van der Waals surface area contributed by atoms with Crippen molar-refractivity contribution in [2.24, 2.45) is 5.92 Å². The molecule has 0 aromatic heterocycles. The summed E-state index contributed by atoms with van der Waals surface area (Å²) in [5.41, 5.74) is 0. The Bertz CT molecular complexity index is 319. The van der Waals surface area contributed by atoms with Crippen LogP contribution in [0, 0.1) is 5.92 Å². The molecule has 0 spiro atoms. The number of hydrogen-bond acceptors (Lipinski definition) is 3. The van der Waals surface area contributed by atoms with Crippen molar-refractivity contribution >= 4 is 17.9 Å². The zero-order valence-electron chi connectivity index (χ0n) is 10.1. The van der Waals surface area contributed by atoms with E-state index in [0.717, 1.165) is 0 Å². The Morgan fingerprint density at radius 3 is 1.71 bits per heavy atom. The molecule has 0 bridgehead atoms. The Balaban J connectivity index is 4.87. The van der Waals surface area contributed by atoms with Gasteiger partial charge in [-0.1, -0.05) is 0 Å². The number of rotatable bonds is 7. The van der Waals surface area contributed by atoms with Crippen molar-refractivity contribution in [1.29, 1.82) is 0 Å². The van der Waals surface area contributed by atoms with Crippen molar-refractivity contribution in [2.75, 3.05) is 21.1 Å². The number of aliphatic carboxylic acids is 3. The van der Waals surface area contributed by atoms with Crippen LogP contribution in [0.25, 0.3) is 0 Å². The Kier molecular flexibility index (Phi) is 5.09. The first-order valence-corrected chi connectivity index (χ1v) is 5.04. The standard InChI is InChI=1S/C10H17NO6/c1-11(2,3)7(10(16)17)4-6(9(14)15)5-8(12)13/h6-7H,4-5H2,1-3H3,(H2-,12,13,14,15,16,17)/p+1. The van der Waals surface area contributed by atoms with Gasteiger partial charge >= 0.3 is 17.9 Å². The molecule has 0 aromatic carbocycles. The van der Waals surface area contributed by atoms with Gasteiger partial charge in [-0.25, -0.2) is 4.79 Å². The molecule has 0 saturated carbocycles. The number of nitrogens with zero attached hydrogens (tertiary/aromatic N) is 1. The minimum atomic E-state index is -1.29. The van der Waals surface area contributed by atoms with Crippen LogP contribution in [-0.4, -0.2) is 64.9 Å². The molecule has 0 rings (SSSR count). The lowest BCUT2D eigenvalue weighted by Gasteiger charge is -2.32. The quantitative estimate of drug-likeness (QED) is 0.534. The van der Waals surface area contributed by atoms with E-state index in [2.05, 4.69) is 0 Å². The van der Waals surface area contributed by atoms with Crippen molar-refractivity contribution < 1.29 is 34.2 Å². The molecule has 0 amide bonds. The van der Waals surface area contributed by atoms with E-state index >= 15 is 0 Å². The number of hydrogen-bond donors (Lipinski definition) is 3. The van der Waals surface area contributed by atoms with Crippen LogP contribution in [0.5, 0.6) is 0 Å². The Labute approximate surface area is 98.9 Å². The van der Waals surface area contributed by atoms with Crippen LogP contribution >= 0.6 is 0 Å². The number of carboxylic acid groups (broad SMARTS) is 3. The smallest absolute Gasteiger partial charge is 0.362 e. The highest BCUT2D eigenvalue weighted by Gasteiger charge is 2.37. The molecule has 0 aliphatic heterocycles. The molecule has 0 heterocycles. The van der Waals surface area contributed by atoms with Gasteiger partial charge in [-0.2, -0.15) is 0 Å². The van der Waals surface area contributed by atoms with Crippen molar-refractivity contribution in [2.45, 2.75) is 18.9 Å². The second-order valence-corrected chi connectivity index (χ2v) is 4.84. The first-order valence-electron chi connectivity index (χ1n) is 5.04. The van der Waals surface area contributed by atoms with Crippen molar-refractivity contribution in [3.63, 3.8) is 0 Å². The van der Waals surface area contributed by atoms with E-state index in [-0.39, 0.29) is 10.9 Å². The van der Waals surface area contributed by atoms with E-state index in [1.54, 1.807) is 21.1 Å². The first-order chi connectivity index (χ1) is 7.55. The number of carbonyl (C=O) groups is 3. The van der Waals surface area contributed by atoms with Gasteiger partial charge in [0, 0.05) is 6.42 Å². The molecule has 17 heavy (non-hydrogen) atoms. The van der Waals surface area contributed by atoms with Gasteiger partial charge in [0.2, 0.25) is 0 Å².